The zero-order valence-electron chi connectivity index (χ0n) is 33.4. The van der Waals surface area contributed by atoms with Gasteiger partial charge in [-0.2, -0.15) is 0 Å². The molecule has 0 bridgehead atoms. The number of carbonyl (C=O) groups excluding carboxylic acids is 2. The standard InChI is InChI=1S/C34H62N4O22S2/c35-1-4-38(5-2-36-17(43)11-61-33-27(53)23(49)29(15(9-41)57-33)59-31-25(51)21(47)19(45)13(7-39)55-31)6-3-37-18(44)12-62-34-28(54)24(50)30(16(10-42)58-34)60-32-26(52)22(48)20(46)14(8-40)56-32/h13-16,19-34,39-42,45-54H,1-12,35H2,(H,36,43)(H,37,44)/t13-,14-,15-,16-,19+,20+,21+,22+,23-,24-,25-,26-,27-,28-,29+,30+,31-,32-,33+,34+/m1/s1. The highest BCUT2D eigenvalue weighted by atomic mass is 32.2. The quantitative estimate of drug-likeness (QED) is 0.0479. The van der Waals surface area contributed by atoms with Gasteiger partial charge < -0.3 is 116 Å². The molecule has 4 rings (SSSR count). The number of nitrogens with zero attached hydrogens (tertiary/aromatic N) is 1. The van der Waals surface area contributed by atoms with Crippen LogP contribution >= 0.6 is 23.5 Å². The number of ether oxygens (including phenoxy) is 6. The van der Waals surface area contributed by atoms with Gasteiger partial charge >= 0.3 is 0 Å². The molecule has 0 aromatic carbocycles. The van der Waals surface area contributed by atoms with E-state index in [0.29, 0.717) is 19.6 Å². The van der Waals surface area contributed by atoms with Gasteiger partial charge in [-0.25, -0.2) is 0 Å². The summed E-state index contributed by atoms with van der Waals surface area (Å²) >= 11 is 1.65. The molecule has 4 aliphatic rings. The monoisotopic (exact) mass is 942 g/mol. The Morgan fingerprint density at radius 3 is 1.21 bits per heavy atom. The Labute approximate surface area is 363 Å². The Morgan fingerprint density at radius 2 is 0.871 bits per heavy atom. The lowest BCUT2D eigenvalue weighted by molar-refractivity contribution is -0.338. The minimum absolute atomic E-state index is 0.153. The summed E-state index contributed by atoms with van der Waals surface area (Å²) in [6.45, 7) is -1.33. The largest absolute Gasteiger partial charge is 0.394 e. The highest BCUT2D eigenvalue weighted by Crippen LogP contribution is 2.34. The average Bonchev–Trinajstić information content (AvgIpc) is 3.26. The van der Waals surface area contributed by atoms with Crippen molar-refractivity contribution in [2.75, 3.05) is 77.2 Å². The third-order valence-corrected chi connectivity index (χ3v) is 12.9. The van der Waals surface area contributed by atoms with E-state index in [1.54, 1.807) is 0 Å². The minimum atomic E-state index is -1.81. The smallest absolute Gasteiger partial charge is 0.230 e. The van der Waals surface area contributed by atoms with E-state index in [1.807, 2.05) is 4.90 Å². The number of thioether (sulfide) groups is 2. The molecule has 0 aliphatic carbocycles. The van der Waals surface area contributed by atoms with Crippen LogP contribution in [0.4, 0.5) is 0 Å². The number of aliphatic hydroxyl groups is 14. The summed E-state index contributed by atoms with van der Waals surface area (Å²) in [5.41, 5.74) is 3.33. The first-order valence-electron chi connectivity index (χ1n) is 19.9. The molecule has 0 aromatic heterocycles. The van der Waals surface area contributed by atoms with Crippen LogP contribution in [0, 0.1) is 0 Å². The molecule has 4 fully saturated rings. The first kappa shape index (κ1) is 53.4. The van der Waals surface area contributed by atoms with E-state index in [-0.39, 0.29) is 31.1 Å². The summed E-state index contributed by atoms with van der Waals surface area (Å²) in [6, 6.07) is 0. The summed E-state index contributed by atoms with van der Waals surface area (Å²) < 4.78 is 33.0. The first-order valence-corrected chi connectivity index (χ1v) is 22.0. The number of nitrogens with two attached hydrogens (primary N) is 1. The van der Waals surface area contributed by atoms with E-state index < -0.39 is 159 Å². The first-order chi connectivity index (χ1) is 29.5. The summed E-state index contributed by atoms with van der Waals surface area (Å²) in [5.74, 6) is -1.41. The molecule has 0 spiro atoms. The predicted molar refractivity (Wildman–Crippen MR) is 209 cm³/mol. The van der Waals surface area contributed by atoms with E-state index >= 15 is 0 Å². The minimum Gasteiger partial charge on any atom is -0.394 e. The van der Waals surface area contributed by atoms with Crippen molar-refractivity contribution in [1.29, 1.82) is 0 Å². The van der Waals surface area contributed by atoms with Crippen LogP contribution in [-0.2, 0) is 38.0 Å². The molecular formula is C34H62N4O22S2. The van der Waals surface area contributed by atoms with Crippen molar-refractivity contribution in [2.45, 2.75) is 121 Å². The second-order valence-electron chi connectivity index (χ2n) is 15.0. The van der Waals surface area contributed by atoms with Crippen molar-refractivity contribution < 1.29 is 110 Å². The Kier molecular flexibility index (Phi) is 22.0. The van der Waals surface area contributed by atoms with Crippen LogP contribution in [-0.4, -0.2) is 287 Å². The van der Waals surface area contributed by atoms with Crippen molar-refractivity contribution in [2.24, 2.45) is 5.73 Å². The van der Waals surface area contributed by atoms with Gasteiger partial charge in [0.05, 0.1) is 37.9 Å². The second kappa shape index (κ2) is 25.6. The van der Waals surface area contributed by atoms with Crippen molar-refractivity contribution in [3.8, 4) is 0 Å². The van der Waals surface area contributed by atoms with Gasteiger partial charge in [0.25, 0.3) is 0 Å². The SMILES string of the molecule is NCCN(CCNC(=O)CS[C@@H]1O[C@H](CO)[C@H](O[C@H]2O[C@H](CO)[C@H](O)[C@H](O)[C@H]2O)[C@H](O)[C@H]1O)CCNC(=O)CS[C@@H]1O[C@H](CO)[C@H](O[C@H]2O[C@H](CO)[C@H](O)[C@H](O)[C@H]2O)[C@H](O)[C@H]1O. The Hall–Kier alpha value is -1.24. The van der Waals surface area contributed by atoms with Crippen LogP contribution in [0.1, 0.15) is 0 Å². The summed E-state index contributed by atoms with van der Waals surface area (Å²) in [5, 5.41) is 148. The van der Waals surface area contributed by atoms with Gasteiger partial charge in [-0.05, 0) is 0 Å². The lowest BCUT2D eigenvalue weighted by Crippen LogP contribution is -2.64. The molecular weight excluding hydrogens is 881 g/mol. The number of aliphatic hydroxyl groups excluding tert-OH is 14. The van der Waals surface area contributed by atoms with Crippen molar-refractivity contribution in [3.05, 3.63) is 0 Å². The molecule has 0 unspecified atom stereocenters. The molecule has 20 atom stereocenters. The van der Waals surface area contributed by atoms with Crippen molar-refractivity contribution >= 4 is 35.3 Å². The fourth-order valence-electron chi connectivity index (χ4n) is 7.03. The topological polar surface area (TPSA) is 426 Å². The molecule has 0 saturated carbocycles. The van der Waals surface area contributed by atoms with Gasteiger partial charge in [-0.15, -0.1) is 23.5 Å². The number of carbonyl (C=O) groups is 2. The zero-order chi connectivity index (χ0) is 45.8. The Morgan fingerprint density at radius 1 is 0.500 bits per heavy atom. The van der Waals surface area contributed by atoms with E-state index in [1.165, 1.54) is 0 Å². The van der Waals surface area contributed by atoms with Gasteiger partial charge in [-0.1, -0.05) is 0 Å². The van der Waals surface area contributed by atoms with E-state index in [0.717, 1.165) is 23.5 Å². The Bertz CT molecular complexity index is 1260. The molecule has 4 aliphatic heterocycles. The van der Waals surface area contributed by atoms with Gasteiger partial charge in [0, 0.05) is 39.3 Å². The molecule has 26 nitrogen and oxygen atoms in total. The van der Waals surface area contributed by atoms with Crippen LogP contribution in [0.3, 0.4) is 0 Å². The molecule has 4 heterocycles. The number of hydrogen-bond acceptors (Lipinski definition) is 26. The van der Waals surface area contributed by atoms with E-state index in [9.17, 15) is 81.1 Å². The summed E-state index contributed by atoms with van der Waals surface area (Å²) in [4.78, 5) is 27.2. The molecule has 362 valence electrons. The summed E-state index contributed by atoms with van der Waals surface area (Å²) in [7, 11) is 0. The van der Waals surface area contributed by atoms with Crippen LogP contribution in [0.25, 0.3) is 0 Å². The lowest BCUT2D eigenvalue weighted by Gasteiger charge is -2.46. The number of amides is 2. The number of hydrogen-bond donors (Lipinski definition) is 17. The van der Waals surface area contributed by atoms with Crippen LogP contribution in [0.2, 0.25) is 0 Å². The van der Waals surface area contributed by atoms with Gasteiger partial charge in [0.15, 0.2) is 12.6 Å². The third kappa shape index (κ3) is 13.7. The molecule has 0 aromatic rings. The van der Waals surface area contributed by atoms with Crippen molar-refractivity contribution in [3.63, 3.8) is 0 Å². The van der Waals surface area contributed by atoms with Crippen molar-refractivity contribution in [1.82, 2.24) is 15.5 Å². The maximum atomic E-state index is 12.7. The van der Waals surface area contributed by atoms with Gasteiger partial charge in [0.1, 0.15) is 109 Å². The predicted octanol–water partition coefficient (Wildman–Crippen LogP) is -10.8. The highest BCUT2D eigenvalue weighted by Gasteiger charge is 2.52. The normalized spacial score (nSPS) is 41.5. The average molecular weight is 943 g/mol. The highest BCUT2D eigenvalue weighted by molar-refractivity contribution is 8.00. The van der Waals surface area contributed by atoms with Gasteiger partial charge in [-0.3, -0.25) is 14.5 Å². The molecule has 4 saturated heterocycles. The van der Waals surface area contributed by atoms with Gasteiger partial charge in [0.2, 0.25) is 11.8 Å². The van der Waals surface area contributed by atoms with E-state index in [4.69, 9.17) is 34.2 Å². The second-order valence-corrected chi connectivity index (χ2v) is 17.1. The molecule has 62 heavy (non-hydrogen) atoms. The number of rotatable bonds is 22. The van der Waals surface area contributed by atoms with Crippen LogP contribution < -0.4 is 16.4 Å². The molecule has 2 amide bonds. The third-order valence-electron chi connectivity index (χ3n) is 10.6. The Balaban J connectivity index is 1.15. The summed E-state index contributed by atoms with van der Waals surface area (Å²) in [6.07, 6.45) is -28.8. The fraction of sp³-hybridized carbons (Fsp3) is 0.941. The maximum Gasteiger partial charge on any atom is 0.230 e. The molecule has 28 heteroatoms. The van der Waals surface area contributed by atoms with Crippen LogP contribution in [0.5, 0.6) is 0 Å². The maximum absolute atomic E-state index is 12.7. The fourth-order valence-corrected chi connectivity index (χ4v) is 9.02. The molecule has 0 radical (unpaired) electrons. The zero-order valence-corrected chi connectivity index (χ0v) is 35.0. The molecule has 18 N–H and O–H groups in total. The van der Waals surface area contributed by atoms with Crippen LogP contribution in [0.15, 0.2) is 0 Å². The lowest BCUT2D eigenvalue weighted by atomic mass is 9.97. The number of nitrogens with one attached hydrogen (secondary N) is 2. The van der Waals surface area contributed by atoms with E-state index in [2.05, 4.69) is 10.6 Å².